The van der Waals surface area contributed by atoms with Crippen molar-refractivity contribution in [2.75, 3.05) is 6.61 Å². The van der Waals surface area contributed by atoms with Gasteiger partial charge in [-0.15, -0.1) is 0 Å². The average Bonchev–Trinajstić information content (AvgIpc) is 3.12. The quantitative estimate of drug-likeness (QED) is 0.189. The molecule has 31 heavy (non-hydrogen) atoms. The number of benzene rings is 2. The van der Waals surface area contributed by atoms with E-state index in [1.54, 1.807) is 30.3 Å². The van der Waals surface area contributed by atoms with E-state index < -0.39 is 0 Å². The number of hydrogen-bond donors (Lipinski definition) is 1. The fourth-order valence-corrected chi connectivity index (χ4v) is 3.23. The van der Waals surface area contributed by atoms with Crippen LogP contribution in [0.15, 0.2) is 53.6 Å². The number of rotatable bonds is 11. The first-order valence-corrected chi connectivity index (χ1v) is 10.7. The zero-order chi connectivity index (χ0) is 22.1. The predicted molar refractivity (Wildman–Crippen MR) is 121 cm³/mol. The molecule has 8 heteroatoms. The topological polar surface area (TPSA) is 72.3 Å². The third-order valence-electron chi connectivity index (χ3n) is 4.69. The van der Waals surface area contributed by atoms with Gasteiger partial charge in [0.15, 0.2) is 5.82 Å². The maximum absolute atomic E-state index is 13.1. The van der Waals surface area contributed by atoms with Gasteiger partial charge in [-0.05, 0) is 48.5 Å². The van der Waals surface area contributed by atoms with Gasteiger partial charge in [0.2, 0.25) is 10.6 Å². The number of ketones is 1. The van der Waals surface area contributed by atoms with E-state index >= 15 is 0 Å². The van der Waals surface area contributed by atoms with E-state index in [0.717, 1.165) is 24.8 Å². The SMILES string of the molecule is CCCCCCOc1ccccc1C(=O)/C=N\n1c(Cc2ccc(F)cc2)n[nH]c1=S. The zero-order valence-electron chi connectivity index (χ0n) is 17.4. The van der Waals surface area contributed by atoms with Gasteiger partial charge in [-0.25, -0.2) is 4.39 Å². The number of Topliss-reactive ketones (excluding diaryl/α,β-unsaturated/α-hetero) is 1. The minimum absolute atomic E-state index is 0.265. The van der Waals surface area contributed by atoms with Crippen LogP contribution >= 0.6 is 12.2 Å². The van der Waals surface area contributed by atoms with Gasteiger partial charge >= 0.3 is 0 Å². The second kappa shape index (κ2) is 11.3. The van der Waals surface area contributed by atoms with E-state index in [9.17, 15) is 9.18 Å². The number of nitrogens with zero attached hydrogens (tertiary/aromatic N) is 3. The number of ether oxygens (including phenoxy) is 1. The molecule has 1 aromatic heterocycles. The number of aromatic nitrogens is 3. The summed E-state index contributed by atoms with van der Waals surface area (Å²) in [5.41, 5.74) is 1.29. The van der Waals surface area contributed by atoms with Gasteiger partial charge in [0.05, 0.1) is 18.4 Å². The molecule has 0 saturated heterocycles. The molecule has 0 bridgehead atoms. The number of carbonyl (C=O) groups excluding carboxylic acids is 1. The van der Waals surface area contributed by atoms with Crippen LogP contribution in [-0.4, -0.2) is 33.5 Å². The maximum atomic E-state index is 13.1. The first kappa shape index (κ1) is 22.6. The van der Waals surface area contributed by atoms with E-state index in [0.29, 0.717) is 30.2 Å². The lowest BCUT2D eigenvalue weighted by Crippen LogP contribution is -2.08. The van der Waals surface area contributed by atoms with Gasteiger partial charge in [0.1, 0.15) is 11.6 Å². The van der Waals surface area contributed by atoms with E-state index in [-0.39, 0.29) is 16.4 Å². The predicted octanol–water partition coefficient (Wildman–Crippen LogP) is 5.35. The lowest BCUT2D eigenvalue weighted by molar-refractivity contribution is 0.106. The summed E-state index contributed by atoms with van der Waals surface area (Å²) in [6.07, 6.45) is 5.97. The van der Waals surface area contributed by atoms with Crippen molar-refractivity contribution in [3.63, 3.8) is 0 Å². The highest BCUT2D eigenvalue weighted by Crippen LogP contribution is 2.19. The van der Waals surface area contributed by atoms with Crippen LogP contribution in [0.5, 0.6) is 5.75 Å². The lowest BCUT2D eigenvalue weighted by Gasteiger charge is -2.09. The third-order valence-corrected chi connectivity index (χ3v) is 4.96. The highest BCUT2D eigenvalue weighted by atomic mass is 32.1. The summed E-state index contributed by atoms with van der Waals surface area (Å²) < 4.78 is 20.6. The third kappa shape index (κ3) is 6.42. The summed E-state index contributed by atoms with van der Waals surface area (Å²) in [7, 11) is 0. The molecule has 0 atom stereocenters. The number of unbranched alkanes of at least 4 members (excludes halogenated alkanes) is 3. The summed E-state index contributed by atoms with van der Waals surface area (Å²) in [6, 6.07) is 13.2. The molecule has 6 nitrogen and oxygen atoms in total. The second-order valence-corrected chi connectivity index (χ2v) is 7.46. The molecule has 0 amide bonds. The Kier molecular flexibility index (Phi) is 8.23. The van der Waals surface area contributed by atoms with Crippen molar-refractivity contribution in [2.45, 2.75) is 39.0 Å². The van der Waals surface area contributed by atoms with Gasteiger partial charge in [-0.1, -0.05) is 50.5 Å². The number of nitrogens with one attached hydrogen (secondary N) is 1. The molecule has 3 rings (SSSR count). The molecule has 0 aliphatic carbocycles. The Morgan fingerprint density at radius 1 is 1.19 bits per heavy atom. The minimum atomic E-state index is -0.308. The number of hydrogen-bond acceptors (Lipinski definition) is 5. The molecule has 162 valence electrons. The van der Waals surface area contributed by atoms with Gasteiger partial charge in [-0.2, -0.15) is 14.9 Å². The Balaban J connectivity index is 1.71. The second-order valence-electron chi connectivity index (χ2n) is 7.07. The molecule has 0 spiro atoms. The maximum Gasteiger partial charge on any atom is 0.216 e. The highest BCUT2D eigenvalue weighted by Gasteiger charge is 2.12. The molecule has 0 aliphatic heterocycles. The normalized spacial score (nSPS) is 11.2. The fourth-order valence-electron chi connectivity index (χ4n) is 3.03. The Hall–Kier alpha value is -3.13. The van der Waals surface area contributed by atoms with Crippen molar-refractivity contribution in [3.05, 3.63) is 76.1 Å². The van der Waals surface area contributed by atoms with Crippen molar-refractivity contribution in [2.24, 2.45) is 5.10 Å². The van der Waals surface area contributed by atoms with Crippen molar-refractivity contribution in [1.29, 1.82) is 0 Å². The summed E-state index contributed by atoms with van der Waals surface area (Å²) in [5.74, 6) is 0.455. The molecular formula is C23H25FN4O2S. The van der Waals surface area contributed by atoms with E-state index in [1.165, 1.54) is 29.4 Å². The van der Waals surface area contributed by atoms with Crippen LogP contribution in [-0.2, 0) is 6.42 Å². The fraction of sp³-hybridized carbons (Fsp3) is 0.304. The molecule has 1 N–H and O–H groups in total. The zero-order valence-corrected chi connectivity index (χ0v) is 18.2. The van der Waals surface area contributed by atoms with Crippen molar-refractivity contribution in [1.82, 2.24) is 14.9 Å². The number of halogens is 1. The molecule has 0 radical (unpaired) electrons. The van der Waals surface area contributed by atoms with Crippen molar-refractivity contribution in [3.8, 4) is 5.75 Å². The molecule has 0 unspecified atom stereocenters. The Labute approximate surface area is 185 Å². The largest absolute Gasteiger partial charge is 0.493 e. The van der Waals surface area contributed by atoms with Gasteiger partial charge in [-0.3, -0.25) is 9.89 Å². The summed E-state index contributed by atoms with van der Waals surface area (Å²) in [6.45, 7) is 2.72. The van der Waals surface area contributed by atoms with Gasteiger partial charge < -0.3 is 4.74 Å². The van der Waals surface area contributed by atoms with Crippen LogP contribution < -0.4 is 4.74 Å². The standard InChI is InChI=1S/C23H25FN4O2S/c1-2-3-4-7-14-30-21-9-6-5-8-19(21)20(29)16-25-28-22(26-27-23(28)31)15-17-10-12-18(24)13-11-17/h5-6,8-13,16H,2-4,7,14-15H2,1H3,(H,27,31)/b25-16-. The van der Waals surface area contributed by atoms with Gasteiger partial charge in [0.25, 0.3) is 0 Å². The molecule has 2 aromatic carbocycles. The lowest BCUT2D eigenvalue weighted by atomic mass is 10.1. The summed E-state index contributed by atoms with van der Waals surface area (Å²) >= 11 is 5.23. The Morgan fingerprint density at radius 3 is 2.74 bits per heavy atom. The molecule has 0 fully saturated rings. The Bertz CT molecular complexity index is 1090. The number of H-pyrrole nitrogens is 1. The molecule has 0 saturated carbocycles. The van der Waals surface area contributed by atoms with Crippen molar-refractivity contribution < 1.29 is 13.9 Å². The molecule has 0 aliphatic rings. The molecular weight excluding hydrogens is 415 g/mol. The van der Waals surface area contributed by atoms with Crippen LogP contribution in [0.2, 0.25) is 0 Å². The number of aromatic amines is 1. The first-order chi connectivity index (χ1) is 15.1. The van der Waals surface area contributed by atoms with E-state index in [4.69, 9.17) is 17.0 Å². The number of para-hydroxylation sites is 1. The van der Waals surface area contributed by atoms with Crippen LogP contribution in [0.4, 0.5) is 4.39 Å². The van der Waals surface area contributed by atoms with Crippen LogP contribution in [0.3, 0.4) is 0 Å². The number of carbonyl (C=O) groups is 1. The van der Waals surface area contributed by atoms with E-state index in [2.05, 4.69) is 22.2 Å². The van der Waals surface area contributed by atoms with Gasteiger partial charge in [0, 0.05) is 6.42 Å². The molecule has 1 heterocycles. The average molecular weight is 441 g/mol. The summed E-state index contributed by atoms with van der Waals surface area (Å²) in [4.78, 5) is 12.8. The minimum Gasteiger partial charge on any atom is -0.493 e. The van der Waals surface area contributed by atoms with Crippen LogP contribution in [0.1, 0.15) is 54.4 Å². The first-order valence-electron chi connectivity index (χ1n) is 10.3. The van der Waals surface area contributed by atoms with E-state index in [1.807, 2.05) is 6.07 Å². The van der Waals surface area contributed by atoms with Crippen LogP contribution in [0, 0.1) is 10.6 Å². The van der Waals surface area contributed by atoms with Crippen LogP contribution in [0.25, 0.3) is 0 Å². The smallest absolute Gasteiger partial charge is 0.216 e. The van der Waals surface area contributed by atoms with Crippen molar-refractivity contribution >= 4 is 24.2 Å². The highest BCUT2D eigenvalue weighted by molar-refractivity contribution is 7.71. The molecule has 3 aromatic rings. The Morgan fingerprint density at radius 2 is 1.97 bits per heavy atom. The summed E-state index contributed by atoms with van der Waals surface area (Å²) in [5, 5.41) is 11.1. The monoisotopic (exact) mass is 440 g/mol.